The van der Waals surface area contributed by atoms with Crippen LogP contribution >= 0.6 is 37.2 Å². The van der Waals surface area contributed by atoms with E-state index in [9.17, 15) is 18.3 Å². The molecule has 5 rings (SSSR count). The number of carboxylic acids is 1. The Hall–Kier alpha value is -3.44. The molecule has 2 N–H and O–H groups in total. The normalized spacial score (nSPS) is 12.9. The molecule has 9 nitrogen and oxygen atoms in total. The Kier molecular flexibility index (Phi) is 11.7. The van der Waals surface area contributed by atoms with Crippen LogP contribution in [0, 0.1) is 13.8 Å². The van der Waals surface area contributed by atoms with E-state index in [0.29, 0.717) is 35.6 Å². The van der Waals surface area contributed by atoms with Crippen LogP contribution in [0.4, 0.5) is 17.2 Å². The average molecular weight is 656 g/mol. The van der Waals surface area contributed by atoms with E-state index in [1.807, 2.05) is 0 Å². The molecule has 0 bridgehead atoms. The molecule has 0 aliphatic carbocycles. The molecule has 13 heteroatoms. The Balaban J connectivity index is 0.00000205. The van der Waals surface area contributed by atoms with E-state index in [0.717, 1.165) is 13.1 Å². The van der Waals surface area contributed by atoms with Gasteiger partial charge in [-0.2, -0.15) is 0 Å². The molecule has 1 fully saturated rings. The molecule has 1 aromatic heterocycles. The van der Waals surface area contributed by atoms with E-state index in [-0.39, 0.29) is 53.4 Å². The standard InChI is InChI=1S/C29H30N4O5S.3ClH/c1-19-4-5-20(2)27(16-19)32-12-14-33(15-13-32)28-18-25(29(34)35)24-17-21(6-11-26(24)30-28)31-39(36,37)23-9-7-22(38-3)8-10-23;;;/h4-11,16-18,31H,12-15H2,1-3H3,(H,34,35);3*1H. The number of aryl methyl sites for hydroxylation is 2. The van der Waals surface area contributed by atoms with Gasteiger partial charge in [-0.05, 0) is 79.6 Å². The summed E-state index contributed by atoms with van der Waals surface area (Å²) < 4.78 is 33.4. The van der Waals surface area contributed by atoms with Crippen molar-refractivity contribution in [2.75, 3.05) is 47.8 Å². The minimum Gasteiger partial charge on any atom is -0.497 e. The molecule has 4 aromatic rings. The van der Waals surface area contributed by atoms with Gasteiger partial charge in [-0.1, -0.05) is 12.1 Å². The molecule has 1 aliphatic rings. The van der Waals surface area contributed by atoms with Crippen LogP contribution in [0.15, 0.2) is 71.6 Å². The van der Waals surface area contributed by atoms with Gasteiger partial charge in [-0.25, -0.2) is 18.2 Å². The number of nitrogens with one attached hydrogen (secondary N) is 1. The molecule has 3 aromatic carbocycles. The Morgan fingerprint density at radius 1 is 0.881 bits per heavy atom. The number of carbonyl (C=O) groups is 1. The van der Waals surface area contributed by atoms with Gasteiger partial charge >= 0.3 is 5.97 Å². The molecule has 0 amide bonds. The van der Waals surface area contributed by atoms with Crippen molar-refractivity contribution in [2.24, 2.45) is 0 Å². The van der Waals surface area contributed by atoms with E-state index in [2.05, 4.69) is 46.6 Å². The van der Waals surface area contributed by atoms with Crippen LogP contribution in [0.5, 0.6) is 5.75 Å². The van der Waals surface area contributed by atoms with E-state index in [1.165, 1.54) is 42.1 Å². The Bertz CT molecular complexity index is 1660. The predicted octanol–water partition coefficient (Wildman–Crippen LogP) is 5.95. The second-order valence-electron chi connectivity index (χ2n) is 9.61. The summed E-state index contributed by atoms with van der Waals surface area (Å²) in [7, 11) is -2.38. The van der Waals surface area contributed by atoms with Crippen molar-refractivity contribution in [3.8, 4) is 5.75 Å². The number of methoxy groups -OCH3 is 1. The number of aromatic nitrogens is 1. The van der Waals surface area contributed by atoms with Crippen molar-refractivity contribution in [1.82, 2.24) is 4.98 Å². The fourth-order valence-electron chi connectivity index (χ4n) is 4.82. The minimum atomic E-state index is -3.89. The zero-order chi connectivity index (χ0) is 27.7. The zero-order valence-electron chi connectivity index (χ0n) is 23.2. The number of nitrogens with zero attached hydrogens (tertiary/aromatic N) is 3. The van der Waals surface area contributed by atoms with Gasteiger partial charge in [-0.15, -0.1) is 37.2 Å². The van der Waals surface area contributed by atoms with Gasteiger partial charge in [0.1, 0.15) is 11.6 Å². The average Bonchev–Trinajstić information content (AvgIpc) is 2.93. The number of fused-ring (bicyclic) bond motifs is 1. The van der Waals surface area contributed by atoms with Crippen molar-refractivity contribution >= 4 is 81.3 Å². The fraction of sp³-hybridized carbons (Fsp3) is 0.241. The van der Waals surface area contributed by atoms with E-state index < -0.39 is 16.0 Å². The van der Waals surface area contributed by atoms with E-state index in [1.54, 1.807) is 30.3 Å². The van der Waals surface area contributed by atoms with Gasteiger partial charge in [0.05, 0.1) is 23.1 Å². The fourth-order valence-corrected chi connectivity index (χ4v) is 5.87. The molecular weight excluding hydrogens is 623 g/mol. The van der Waals surface area contributed by atoms with Crippen molar-refractivity contribution < 1.29 is 23.1 Å². The second kappa shape index (κ2) is 14.2. The zero-order valence-corrected chi connectivity index (χ0v) is 26.5. The largest absolute Gasteiger partial charge is 0.497 e. The molecular formula is C29H33Cl3N4O5S. The molecule has 42 heavy (non-hydrogen) atoms. The minimum absolute atomic E-state index is 0. The van der Waals surface area contributed by atoms with Crippen LogP contribution in [0.2, 0.25) is 0 Å². The summed E-state index contributed by atoms with van der Waals surface area (Å²) in [6.45, 7) is 7.17. The molecule has 1 saturated heterocycles. The maximum absolute atomic E-state index is 12.9. The number of rotatable bonds is 7. The first-order valence-corrected chi connectivity index (χ1v) is 14.0. The third kappa shape index (κ3) is 7.30. The lowest BCUT2D eigenvalue weighted by Gasteiger charge is -2.37. The second-order valence-corrected chi connectivity index (χ2v) is 11.3. The molecule has 0 saturated carbocycles. The maximum Gasteiger partial charge on any atom is 0.336 e. The topological polar surface area (TPSA) is 112 Å². The molecule has 0 radical (unpaired) electrons. The highest BCUT2D eigenvalue weighted by Crippen LogP contribution is 2.29. The molecule has 0 atom stereocenters. The number of anilines is 3. The predicted molar refractivity (Wildman–Crippen MR) is 175 cm³/mol. The molecule has 226 valence electrons. The third-order valence-corrected chi connectivity index (χ3v) is 8.35. The SMILES string of the molecule is COc1ccc(S(=O)(=O)Nc2ccc3nc(N4CCN(c5cc(C)ccc5C)CC4)cc(C(=O)O)c3c2)cc1.Cl.Cl.Cl. The molecule has 1 aliphatic heterocycles. The van der Waals surface area contributed by atoms with Crippen LogP contribution in [-0.2, 0) is 10.0 Å². The quantitative estimate of drug-likeness (QED) is 0.251. The number of hydrogen-bond acceptors (Lipinski definition) is 7. The van der Waals surface area contributed by atoms with Crippen LogP contribution in [0.1, 0.15) is 21.5 Å². The third-order valence-electron chi connectivity index (χ3n) is 6.96. The Morgan fingerprint density at radius 2 is 1.52 bits per heavy atom. The van der Waals surface area contributed by atoms with Gasteiger partial charge < -0.3 is 19.6 Å². The van der Waals surface area contributed by atoms with Crippen molar-refractivity contribution in [2.45, 2.75) is 18.7 Å². The first kappa shape index (κ1) is 34.8. The first-order chi connectivity index (χ1) is 18.6. The summed E-state index contributed by atoms with van der Waals surface area (Å²) in [5.41, 5.74) is 4.46. The highest BCUT2D eigenvalue weighted by atomic mass is 35.5. The van der Waals surface area contributed by atoms with E-state index >= 15 is 0 Å². The Morgan fingerprint density at radius 3 is 2.14 bits per heavy atom. The molecule has 2 heterocycles. The summed E-state index contributed by atoms with van der Waals surface area (Å²) >= 11 is 0. The summed E-state index contributed by atoms with van der Waals surface area (Å²) in [5, 5.41) is 10.4. The monoisotopic (exact) mass is 654 g/mol. The lowest BCUT2D eigenvalue weighted by atomic mass is 10.1. The number of sulfonamides is 1. The van der Waals surface area contributed by atoms with Crippen LogP contribution in [0.25, 0.3) is 10.9 Å². The summed E-state index contributed by atoms with van der Waals surface area (Å²) in [5.74, 6) is 0.0271. The number of aromatic carboxylic acids is 1. The van der Waals surface area contributed by atoms with Crippen LogP contribution in [-0.4, -0.2) is 57.8 Å². The smallest absolute Gasteiger partial charge is 0.336 e. The highest BCUT2D eigenvalue weighted by Gasteiger charge is 2.23. The summed E-state index contributed by atoms with van der Waals surface area (Å²) in [4.78, 5) is 21.5. The van der Waals surface area contributed by atoms with Crippen molar-refractivity contribution in [3.63, 3.8) is 0 Å². The molecule has 0 spiro atoms. The van der Waals surface area contributed by atoms with Gasteiger partial charge in [0.15, 0.2) is 0 Å². The van der Waals surface area contributed by atoms with Crippen molar-refractivity contribution in [1.29, 1.82) is 0 Å². The number of hydrogen-bond donors (Lipinski definition) is 2. The van der Waals surface area contributed by atoms with Gasteiger partial charge in [0.25, 0.3) is 10.0 Å². The molecule has 0 unspecified atom stereocenters. The van der Waals surface area contributed by atoms with Gasteiger partial charge in [-0.3, -0.25) is 4.72 Å². The Labute approximate surface area is 264 Å². The number of carboxylic acid groups (broad SMARTS) is 1. The number of halogens is 3. The lowest BCUT2D eigenvalue weighted by molar-refractivity contribution is 0.0699. The first-order valence-electron chi connectivity index (χ1n) is 12.6. The van der Waals surface area contributed by atoms with Gasteiger partial charge in [0, 0.05) is 42.9 Å². The highest BCUT2D eigenvalue weighted by molar-refractivity contribution is 7.92. The maximum atomic E-state index is 12.9. The number of pyridine rings is 1. The lowest BCUT2D eigenvalue weighted by Crippen LogP contribution is -2.47. The van der Waals surface area contributed by atoms with Crippen LogP contribution in [0.3, 0.4) is 0 Å². The van der Waals surface area contributed by atoms with Gasteiger partial charge in [0.2, 0.25) is 0 Å². The van der Waals surface area contributed by atoms with Crippen molar-refractivity contribution in [3.05, 3.63) is 83.4 Å². The van der Waals surface area contributed by atoms with Crippen LogP contribution < -0.4 is 19.3 Å². The number of benzene rings is 3. The summed E-state index contributed by atoms with van der Waals surface area (Å²) in [6, 6.07) is 18.8. The van der Waals surface area contributed by atoms with E-state index in [4.69, 9.17) is 9.72 Å². The number of piperazine rings is 1. The number of ether oxygens (including phenoxy) is 1. The summed E-state index contributed by atoms with van der Waals surface area (Å²) in [6.07, 6.45) is 0.